The highest BCUT2D eigenvalue weighted by atomic mass is 35.5. The third-order valence-corrected chi connectivity index (χ3v) is 3.29. The van der Waals surface area contributed by atoms with Crippen LogP contribution in [-0.4, -0.2) is 0 Å². The Bertz CT molecular complexity index is 602. The molecule has 0 aliphatic rings. The van der Waals surface area contributed by atoms with Gasteiger partial charge in [0.05, 0.1) is 0 Å². The van der Waals surface area contributed by atoms with E-state index < -0.39 is 17.7 Å². The van der Waals surface area contributed by atoms with Crippen molar-refractivity contribution in [2.75, 3.05) is 0 Å². The maximum atomic E-state index is 13.7. The van der Waals surface area contributed by atoms with E-state index in [1.54, 1.807) is 18.2 Å². The van der Waals surface area contributed by atoms with Crippen LogP contribution in [0.2, 0.25) is 10.0 Å². The van der Waals surface area contributed by atoms with Crippen LogP contribution in [0.4, 0.5) is 8.78 Å². The summed E-state index contributed by atoms with van der Waals surface area (Å²) >= 11 is 11.3. The van der Waals surface area contributed by atoms with E-state index in [1.165, 1.54) is 18.2 Å². The van der Waals surface area contributed by atoms with Crippen molar-refractivity contribution >= 4 is 23.2 Å². The molecule has 2 N–H and O–H groups in total. The quantitative estimate of drug-likeness (QED) is 0.886. The summed E-state index contributed by atoms with van der Waals surface area (Å²) in [7, 11) is 0. The molecule has 100 valence electrons. The molecule has 0 fully saturated rings. The Morgan fingerprint density at radius 2 is 1.53 bits per heavy atom. The first kappa shape index (κ1) is 14.3. The molecule has 0 bridgehead atoms. The van der Waals surface area contributed by atoms with Crippen LogP contribution in [0, 0.1) is 11.6 Å². The molecule has 0 saturated carbocycles. The minimum atomic E-state index is -0.645. The Kier molecular flexibility index (Phi) is 4.40. The molecule has 0 aromatic heterocycles. The molecule has 0 aliphatic carbocycles. The van der Waals surface area contributed by atoms with Gasteiger partial charge in [-0.25, -0.2) is 8.78 Å². The largest absolute Gasteiger partial charge is 0.324 e. The first-order chi connectivity index (χ1) is 8.97. The molecule has 0 amide bonds. The summed E-state index contributed by atoms with van der Waals surface area (Å²) in [6.45, 7) is 0. The molecule has 2 aromatic rings. The molecule has 1 unspecified atom stereocenters. The molecule has 0 spiro atoms. The summed E-state index contributed by atoms with van der Waals surface area (Å²) < 4.78 is 27.3. The van der Waals surface area contributed by atoms with Gasteiger partial charge in [-0.05, 0) is 36.2 Å². The van der Waals surface area contributed by atoms with Crippen LogP contribution in [0.5, 0.6) is 0 Å². The zero-order valence-corrected chi connectivity index (χ0v) is 11.3. The van der Waals surface area contributed by atoms with Gasteiger partial charge in [0, 0.05) is 21.7 Å². The predicted molar refractivity (Wildman–Crippen MR) is 73.5 cm³/mol. The highest BCUT2D eigenvalue weighted by Gasteiger charge is 2.14. The normalized spacial score (nSPS) is 12.5. The molecule has 19 heavy (non-hydrogen) atoms. The smallest absolute Gasteiger partial charge is 0.129 e. The van der Waals surface area contributed by atoms with Crippen molar-refractivity contribution in [2.45, 2.75) is 12.5 Å². The second-order valence-corrected chi connectivity index (χ2v) is 5.09. The lowest BCUT2D eigenvalue weighted by Gasteiger charge is -2.14. The number of nitrogens with two attached hydrogens (primary N) is 1. The summed E-state index contributed by atoms with van der Waals surface area (Å²) in [6, 6.07) is 7.94. The van der Waals surface area contributed by atoms with E-state index in [-0.39, 0.29) is 6.42 Å². The Balaban J connectivity index is 2.23. The highest BCUT2D eigenvalue weighted by Crippen LogP contribution is 2.24. The van der Waals surface area contributed by atoms with Crippen LogP contribution in [-0.2, 0) is 6.42 Å². The molecule has 2 rings (SSSR count). The zero-order chi connectivity index (χ0) is 14.0. The summed E-state index contributed by atoms with van der Waals surface area (Å²) in [5.74, 6) is -0.938. The van der Waals surface area contributed by atoms with Crippen LogP contribution >= 0.6 is 23.2 Å². The van der Waals surface area contributed by atoms with Crippen molar-refractivity contribution in [1.82, 2.24) is 0 Å². The van der Waals surface area contributed by atoms with Crippen LogP contribution < -0.4 is 5.73 Å². The summed E-state index contributed by atoms with van der Waals surface area (Å²) in [5.41, 5.74) is 6.60. The van der Waals surface area contributed by atoms with Crippen molar-refractivity contribution < 1.29 is 8.78 Å². The number of halogens is 4. The van der Waals surface area contributed by atoms with E-state index in [1.807, 2.05) is 0 Å². The molecule has 0 saturated heterocycles. The van der Waals surface area contributed by atoms with E-state index in [9.17, 15) is 8.78 Å². The molecule has 1 atom stereocenters. The molecule has 5 heteroatoms. The van der Waals surface area contributed by atoms with E-state index in [2.05, 4.69) is 0 Å². The van der Waals surface area contributed by atoms with Crippen molar-refractivity contribution in [3.05, 3.63) is 69.2 Å². The van der Waals surface area contributed by atoms with E-state index in [0.717, 1.165) is 0 Å². The first-order valence-electron chi connectivity index (χ1n) is 5.62. The second kappa shape index (κ2) is 5.87. The second-order valence-electron chi connectivity index (χ2n) is 4.21. The summed E-state index contributed by atoms with van der Waals surface area (Å²) in [5, 5.41) is 0.610. The molecule has 0 radical (unpaired) electrons. The van der Waals surface area contributed by atoms with E-state index in [0.29, 0.717) is 21.2 Å². The summed E-state index contributed by atoms with van der Waals surface area (Å²) in [4.78, 5) is 0. The van der Waals surface area contributed by atoms with Crippen LogP contribution in [0.3, 0.4) is 0 Å². The van der Waals surface area contributed by atoms with Gasteiger partial charge < -0.3 is 5.73 Å². The maximum Gasteiger partial charge on any atom is 0.129 e. The molecule has 2 aromatic carbocycles. The van der Waals surface area contributed by atoms with Gasteiger partial charge in [0.15, 0.2) is 0 Å². The fraction of sp³-hybridized carbons (Fsp3) is 0.143. The average molecular weight is 302 g/mol. The summed E-state index contributed by atoms with van der Waals surface area (Å²) in [6.07, 6.45) is 0.182. The molecule has 1 nitrogen and oxygen atoms in total. The highest BCUT2D eigenvalue weighted by molar-refractivity contribution is 6.30. The van der Waals surface area contributed by atoms with Crippen LogP contribution in [0.1, 0.15) is 17.2 Å². The van der Waals surface area contributed by atoms with Crippen LogP contribution in [0.25, 0.3) is 0 Å². The van der Waals surface area contributed by atoms with Gasteiger partial charge in [0.1, 0.15) is 11.6 Å². The average Bonchev–Trinajstić information content (AvgIpc) is 2.32. The monoisotopic (exact) mass is 301 g/mol. The number of hydrogen-bond acceptors (Lipinski definition) is 1. The van der Waals surface area contributed by atoms with Gasteiger partial charge in [-0.1, -0.05) is 35.3 Å². The van der Waals surface area contributed by atoms with Crippen LogP contribution in [0.15, 0.2) is 36.4 Å². The van der Waals surface area contributed by atoms with Gasteiger partial charge in [0.25, 0.3) is 0 Å². The molecule has 0 aliphatic heterocycles. The van der Waals surface area contributed by atoms with E-state index >= 15 is 0 Å². The van der Waals surface area contributed by atoms with E-state index in [4.69, 9.17) is 28.9 Å². The lowest BCUT2D eigenvalue weighted by molar-refractivity contribution is 0.563. The standard InChI is InChI=1S/C14H11Cl2F2N/c15-9-2-1-8(12(17)6-9)5-14(19)11-4-3-10(16)7-13(11)18/h1-4,6-7,14H,5,19H2. The lowest BCUT2D eigenvalue weighted by atomic mass is 9.99. The van der Waals surface area contributed by atoms with Gasteiger partial charge in [0.2, 0.25) is 0 Å². The fourth-order valence-electron chi connectivity index (χ4n) is 1.84. The number of hydrogen-bond donors (Lipinski definition) is 1. The van der Waals surface area contributed by atoms with Crippen molar-refractivity contribution in [2.24, 2.45) is 5.73 Å². The maximum absolute atomic E-state index is 13.7. The molecular weight excluding hydrogens is 291 g/mol. The fourth-order valence-corrected chi connectivity index (χ4v) is 2.15. The zero-order valence-electron chi connectivity index (χ0n) is 9.84. The number of rotatable bonds is 3. The molecular formula is C14H11Cl2F2N. The van der Waals surface area contributed by atoms with Gasteiger partial charge in [-0.15, -0.1) is 0 Å². The van der Waals surface area contributed by atoms with Crippen molar-refractivity contribution in [3.63, 3.8) is 0 Å². The predicted octanol–water partition coefficient (Wildman–Crippen LogP) is 4.51. The minimum absolute atomic E-state index is 0.182. The molecule has 0 heterocycles. The Morgan fingerprint density at radius 3 is 2.11 bits per heavy atom. The van der Waals surface area contributed by atoms with Gasteiger partial charge in [-0.2, -0.15) is 0 Å². The Morgan fingerprint density at radius 1 is 0.947 bits per heavy atom. The third-order valence-electron chi connectivity index (χ3n) is 2.82. The lowest BCUT2D eigenvalue weighted by Crippen LogP contribution is -2.15. The minimum Gasteiger partial charge on any atom is -0.324 e. The number of benzene rings is 2. The SMILES string of the molecule is NC(Cc1ccc(Cl)cc1F)c1ccc(Cl)cc1F. The van der Waals surface area contributed by atoms with Gasteiger partial charge >= 0.3 is 0 Å². The first-order valence-corrected chi connectivity index (χ1v) is 6.37. The Hall–Kier alpha value is -1.16. The third kappa shape index (κ3) is 3.44. The van der Waals surface area contributed by atoms with Crippen molar-refractivity contribution in [1.29, 1.82) is 0 Å². The topological polar surface area (TPSA) is 26.0 Å². The van der Waals surface area contributed by atoms with Crippen molar-refractivity contribution in [3.8, 4) is 0 Å². The van der Waals surface area contributed by atoms with Gasteiger partial charge in [-0.3, -0.25) is 0 Å². The Labute approximate surface area is 119 Å².